The van der Waals surface area contributed by atoms with Crippen LogP contribution < -0.4 is 10.7 Å². The van der Waals surface area contributed by atoms with Crippen molar-refractivity contribution in [3.05, 3.63) is 77.0 Å². The van der Waals surface area contributed by atoms with Gasteiger partial charge in [0.25, 0.3) is 11.8 Å². The van der Waals surface area contributed by atoms with Crippen molar-refractivity contribution in [2.45, 2.75) is 6.92 Å². The third-order valence-electron chi connectivity index (χ3n) is 4.17. The average molecular weight is 345 g/mol. The van der Waals surface area contributed by atoms with Crippen LogP contribution in [0.1, 0.15) is 32.0 Å². The van der Waals surface area contributed by atoms with Crippen LogP contribution in [0, 0.1) is 6.92 Å². The van der Waals surface area contributed by atoms with Crippen molar-refractivity contribution < 1.29 is 14.0 Å². The zero-order chi connectivity index (χ0) is 18.1. The number of carbonyl (C=O) groups is 2. The zero-order valence-electron chi connectivity index (χ0n) is 13.9. The third kappa shape index (κ3) is 2.88. The minimum Gasteiger partial charge on any atom is -0.455 e. The van der Waals surface area contributed by atoms with Crippen LogP contribution in [0.4, 0.5) is 5.69 Å². The van der Waals surface area contributed by atoms with Gasteiger partial charge in [0.15, 0.2) is 0 Å². The molecule has 1 aliphatic heterocycles. The van der Waals surface area contributed by atoms with E-state index < -0.39 is 0 Å². The summed E-state index contributed by atoms with van der Waals surface area (Å²) in [5.41, 5.74) is 6.46. The molecule has 0 saturated heterocycles. The number of nitrogens with zero attached hydrogens (tertiary/aromatic N) is 1. The van der Waals surface area contributed by atoms with Crippen LogP contribution in [0.15, 0.2) is 64.1 Å². The maximum atomic E-state index is 11.8. The first-order valence-electron chi connectivity index (χ1n) is 8.06. The maximum absolute atomic E-state index is 11.8. The highest BCUT2D eigenvalue weighted by Gasteiger charge is 2.27. The number of anilines is 1. The molecule has 2 aromatic carbocycles. The Kier molecular flexibility index (Phi) is 3.85. The first-order chi connectivity index (χ1) is 12.6. The molecule has 2 heterocycles. The van der Waals surface area contributed by atoms with Crippen LogP contribution in [0.5, 0.6) is 0 Å². The molecular formula is C20H15N3O3. The smallest absolute Gasteiger partial charge is 0.258 e. The van der Waals surface area contributed by atoms with Gasteiger partial charge >= 0.3 is 0 Å². The van der Waals surface area contributed by atoms with Crippen LogP contribution in [-0.4, -0.2) is 18.0 Å². The van der Waals surface area contributed by atoms with E-state index in [1.165, 1.54) is 0 Å². The molecule has 0 bridgehead atoms. The summed E-state index contributed by atoms with van der Waals surface area (Å²) in [4.78, 5) is 23.4. The van der Waals surface area contributed by atoms with Gasteiger partial charge in [-0.15, -0.1) is 0 Å². The van der Waals surface area contributed by atoms with Crippen molar-refractivity contribution in [3.63, 3.8) is 0 Å². The Hall–Kier alpha value is -3.67. The molecule has 128 valence electrons. The van der Waals surface area contributed by atoms with E-state index in [0.29, 0.717) is 22.6 Å². The minimum absolute atomic E-state index is 0.361. The topological polar surface area (TPSA) is 83.7 Å². The lowest BCUT2D eigenvalue weighted by Gasteiger charge is -2.02. The Bertz CT molecular complexity index is 1050. The van der Waals surface area contributed by atoms with Gasteiger partial charge in [0.1, 0.15) is 11.5 Å². The standard InChI is InChI=1S/C20H15N3O3/c1-12-4-2-3-5-17(12)23-21-11-14-7-9-18(26-14)13-6-8-15-16(10-13)20(25)22-19(15)24/h2-11,23H,1H3,(H,22,24,25)/b21-11+. The number of hydrogen-bond donors (Lipinski definition) is 2. The van der Waals surface area contributed by atoms with Crippen molar-refractivity contribution in [3.8, 4) is 11.3 Å². The van der Waals surface area contributed by atoms with E-state index >= 15 is 0 Å². The lowest BCUT2D eigenvalue weighted by molar-refractivity contribution is 0.0879. The van der Waals surface area contributed by atoms with Crippen LogP contribution in [0.25, 0.3) is 11.3 Å². The predicted octanol–water partition coefficient (Wildman–Crippen LogP) is 3.58. The van der Waals surface area contributed by atoms with Crippen molar-refractivity contribution in [2.24, 2.45) is 5.10 Å². The summed E-state index contributed by atoms with van der Waals surface area (Å²) in [7, 11) is 0. The van der Waals surface area contributed by atoms with E-state index in [1.807, 2.05) is 31.2 Å². The monoisotopic (exact) mass is 345 g/mol. The van der Waals surface area contributed by atoms with Crippen LogP contribution in [0.2, 0.25) is 0 Å². The second-order valence-corrected chi connectivity index (χ2v) is 5.93. The number of amides is 2. The molecule has 1 aromatic heterocycles. The molecule has 6 heteroatoms. The number of hydrogen-bond acceptors (Lipinski definition) is 5. The van der Waals surface area contributed by atoms with Crippen LogP contribution >= 0.6 is 0 Å². The summed E-state index contributed by atoms with van der Waals surface area (Å²) in [5.74, 6) is 0.410. The SMILES string of the molecule is Cc1ccccc1N/N=C/c1ccc(-c2ccc3c(c2)C(=O)NC3=O)o1. The summed E-state index contributed by atoms with van der Waals surface area (Å²) in [6.45, 7) is 2.00. The summed E-state index contributed by atoms with van der Waals surface area (Å²) >= 11 is 0. The highest BCUT2D eigenvalue weighted by Crippen LogP contribution is 2.26. The fourth-order valence-corrected chi connectivity index (χ4v) is 2.76. The Morgan fingerprint density at radius 1 is 1.00 bits per heavy atom. The predicted molar refractivity (Wildman–Crippen MR) is 98.3 cm³/mol. The highest BCUT2D eigenvalue weighted by molar-refractivity contribution is 6.21. The maximum Gasteiger partial charge on any atom is 0.258 e. The minimum atomic E-state index is -0.386. The number of furan rings is 1. The molecule has 0 unspecified atom stereocenters. The quantitative estimate of drug-likeness (QED) is 0.430. The molecule has 4 rings (SSSR count). The van der Waals surface area contributed by atoms with E-state index in [2.05, 4.69) is 15.8 Å². The van der Waals surface area contributed by atoms with E-state index in [1.54, 1.807) is 36.5 Å². The Balaban J connectivity index is 1.53. The number of nitrogens with one attached hydrogen (secondary N) is 2. The molecule has 26 heavy (non-hydrogen) atoms. The van der Waals surface area contributed by atoms with Gasteiger partial charge in [-0.2, -0.15) is 5.10 Å². The van der Waals surface area contributed by atoms with Crippen LogP contribution in [0.3, 0.4) is 0 Å². The molecule has 0 aliphatic carbocycles. The summed E-state index contributed by atoms with van der Waals surface area (Å²) < 4.78 is 5.75. The van der Waals surface area contributed by atoms with Gasteiger partial charge in [-0.25, -0.2) is 0 Å². The number of para-hydroxylation sites is 1. The fourth-order valence-electron chi connectivity index (χ4n) is 2.76. The molecule has 6 nitrogen and oxygen atoms in total. The first-order valence-corrected chi connectivity index (χ1v) is 8.06. The molecule has 0 fully saturated rings. The van der Waals surface area contributed by atoms with Gasteiger partial charge in [0, 0.05) is 5.56 Å². The van der Waals surface area contributed by atoms with Crippen molar-refractivity contribution in [1.82, 2.24) is 5.32 Å². The summed E-state index contributed by atoms with van der Waals surface area (Å²) in [5, 5.41) is 6.46. The summed E-state index contributed by atoms with van der Waals surface area (Å²) in [6.07, 6.45) is 1.58. The molecule has 2 amide bonds. The number of hydrazone groups is 1. The second-order valence-electron chi connectivity index (χ2n) is 5.93. The largest absolute Gasteiger partial charge is 0.455 e. The van der Waals surface area contributed by atoms with Crippen molar-refractivity contribution in [2.75, 3.05) is 5.43 Å². The molecule has 2 N–H and O–H groups in total. The van der Waals surface area contributed by atoms with Gasteiger partial charge in [-0.3, -0.25) is 20.3 Å². The molecule has 0 spiro atoms. The fraction of sp³-hybridized carbons (Fsp3) is 0.0500. The number of rotatable bonds is 4. The molecule has 0 saturated carbocycles. The lowest BCUT2D eigenvalue weighted by Crippen LogP contribution is -2.19. The van der Waals surface area contributed by atoms with Gasteiger partial charge in [0.2, 0.25) is 0 Å². The number of imide groups is 1. The normalized spacial score (nSPS) is 13.1. The van der Waals surface area contributed by atoms with Gasteiger partial charge in [-0.1, -0.05) is 24.3 Å². The van der Waals surface area contributed by atoms with E-state index in [0.717, 1.165) is 16.8 Å². The first kappa shape index (κ1) is 15.8. The van der Waals surface area contributed by atoms with E-state index in [-0.39, 0.29) is 11.8 Å². The lowest BCUT2D eigenvalue weighted by atomic mass is 10.0. The number of carbonyl (C=O) groups excluding carboxylic acids is 2. The van der Waals surface area contributed by atoms with Gasteiger partial charge in [-0.05, 0) is 42.8 Å². The van der Waals surface area contributed by atoms with Crippen molar-refractivity contribution >= 4 is 23.7 Å². The van der Waals surface area contributed by atoms with Gasteiger partial charge < -0.3 is 4.42 Å². The van der Waals surface area contributed by atoms with Crippen LogP contribution in [-0.2, 0) is 0 Å². The van der Waals surface area contributed by atoms with E-state index in [9.17, 15) is 9.59 Å². The van der Waals surface area contributed by atoms with Gasteiger partial charge in [0.05, 0.1) is 23.0 Å². The molecule has 1 aliphatic rings. The summed E-state index contributed by atoms with van der Waals surface area (Å²) in [6, 6.07) is 16.5. The zero-order valence-corrected chi connectivity index (χ0v) is 13.9. The molecule has 3 aromatic rings. The number of aryl methyl sites for hydroxylation is 1. The van der Waals surface area contributed by atoms with Crippen molar-refractivity contribution in [1.29, 1.82) is 0 Å². The Labute approximate surface area is 149 Å². The Morgan fingerprint density at radius 2 is 1.81 bits per heavy atom. The average Bonchev–Trinajstić information content (AvgIpc) is 3.22. The number of fused-ring (bicyclic) bond motifs is 1. The Morgan fingerprint density at radius 3 is 2.65 bits per heavy atom. The molecule has 0 atom stereocenters. The second kappa shape index (κ2) is 6.33. The van der Waals surface area contributed by atoms with E-state index in [4.69, 9.17) is 4.42 Å². The molecule has 0 radical (unpaired) electrons. The highest BCUT2D eigenvalue weighted by atomic mass is 16.3. The number of benzene rings is 2. The third-order valence-corrected chi connectivity index (χ3v) is 4.17. The molecular weight excluding hydrogens is 330 g/mol.